The van der Waals surface area contributed by atoms with Gasteiger partial charge in [-0.05, 0) is 12.5 Å². The second-order valence-electron chi connectivity index (χ2n) is 3.51. The van der Waals surface area contributed by atoms with E-state index in [1.807, 2.05) is 0 Å². The maximum atomic E-state index is 12.0. The van der Waals surface area contributed by atoms with Crippen molar-refractivity contribution in [3.8, 4) is 0 Å². The quantitative estimate of drug-likeness (QED) is 0.777. The van der Waals surface area contributed by atoms with Gasteiger partial charge >= 0.3 is 0 Å². The molecular weight excluding hydrogens is 216 g/mol. The molecule has 0 aromatic carbocycles. The Balaban J connectivity index is 2.27. The van der Waals surface area contributed by atoms with Crippen LogP contribution in [0.3, 0.4) is 0 Å². The van der Waals surface area contributed by atoms with Crippen LogP contribution in [0.5, 0.6) is 0 Å². The third-order valence-electron chi connectivity index (χ3n) is 2.45. The highest BCUT2D eigenvalue weighted by Gasteiger charge is 2.26. The maximum absolute atomic E-state index is 12.0. The van der Waals surface area contributed by atoms with E-state index in [2.05, 4.69) is 4.98 Å². The Labute approximate surface area is 92.4 Å². The average Bonchev–Trinajstić information content (AvgIpc) is 2.74. The smallest absolute Gasteiger partial charge is 0.172 e. The second kappa shape index (κ2) is 4.16. The minimum Gasteiger partial charge on any atom is -0.383 e. The Kier molecular flexibility index (Phi) is 2.88. The van der Waals surface area contributed by atoms with Crippen LogP contribution in [0.1, 0.15) is 16.8 Å². The number of carbonyl (C=O) groups is 1. The summed E-state index contributed by atoms with van der Waals surface area (Å²) in [5.74, 6) is 0.101. The lowest BCUT2D eigenvalue weighted by atomic mass is 9.97. The number of hydrogen-bond donors (Lipinski definition) is 1. The van der Waals surface area contributed by atoms with E-state index in [4.69, 9.17) is 22.1 Å². The van der Waals surface area contributed by atoms with Crippen LogP contribution in [0.15, 0.2) is 12.3 Å². The Morgan fingerprint density at radius 1 is 1.67 bits per heavy atom. The predicted octanol–water partition coefficient (Wildman–Crippen LogP) is 1.54. The lowest BCUT2D eigenvalue weighted by Gasteiger charge is -2.08. The normalized spacial score (nSPS) is 20.5. The highest BCUT2D eigenvalue weighted by atomic mass is 35.5. The summed E-state index contributed by atoms with van der Waals surface area (Å²) in [6.07, 6.45) is 2.17. The van der Waals surface area contributed by atoms with Gasteiger partial charge in [-0.3, -0.25) is 4.79 Å². The number of rotatable bonds is 2. The van der Waals surface area contributed by atoms with Crippen LogP contribution in [-0.4, -0.2) is 24.0 Å². The third-order valence-corrected chi connectivity index (χ3v) is 2.66. The van der Waals surface area contributed by atoms with Gasteiger partial charge in [0.05, 0.1) is 17.2 Å². The molecule has 1 aromatic heterocycles. The fourth-order valence-corrected chi connectivity index (χ4v) is 1.77. The molecule has 2 heterocycles. The Morgan fingerprint density at radius 2 is 2.47 bits per heavy atom. The zero-order valence-electron chi connectivity index (χ0n) is 8.07. The number of halogens is 1. The van der Waals surface area contributed by atoms with Crippen molar-refractivity contribution >= 4 is 23.2 Å². The number of hydrogen-bond acceptors (Lipinski definition) is 4. The van der Waals surface area contributed by atoms with Crippen LogP contribution in [0.25, 0.3) is 0 Å². The fourth-order valence-electron chi connectivity index (χ4n) is 1.61. The van der Waals surface area contributed by atoms with Gasteiger partial charge in [-0.15, -0.1) is 0 Å². The van der Waals surface area contributed by atoms with Gasteiger partial charge in [0.25, 0.3) is 0 Å². The molecule has 1 aromatic rings. The largest absolute Gasteiger partial charge is 0.383 e. The first-order chi connectivity index (χ1) is 7.18. The van der Waals surface area contributed by atoms with Gasteiger partial charge < -0.3 is 10.5 Å². The molecule has 4 nitrogen and oxygen atoms in total. The molecule has 5 heteroatoms. The number of aromatic nitrogens is 1. The molecular formula is C10H11ClN2O2. The Morgan fingerprint density at radius 3 is 3.13 bits per heavy atom. The van der Waals surface area contributed by atoms with Crippen molar-refractivity contribution in [3.05, 3.63) is 22.8 Å². The maximum Gasteiger partial charge on any atom is 0.172 e. The zero-order valence-corrected chi connectivity index (χ0v) is 8.83. The predicted molar refractivity (Wildman–Crippen MR) is 56.9 cm³/mol. The molecule has 0 saturated carbocycles. The van der Waals surface area contributed by atoms with Gasteiger partial charge in [0.2, 0.25) is 0 Å². The van der Waals surface area contributed by atoms with E-state index in [9.17, 15) is 4.79 Å². The van der Waals surface area contributed by atoms with E-state index >= 15 is 0 Å². The number of nitrogen functional groups attached to an aromatic ring is 1. The molecule has 1 saturated heterocycles. The number of Topliss-reactive ketones (excluding diaryl/α,β-unsaturated/α-hetero) is 1. The summed E-state index contributed by atoms with van der Waals surface area (Å²) in [5, 5.41) is 0.423. The van der Waals surface area contributed by atoms with Crippen LogP contribution in [0.4, 0.5) is 5.82 Å². The monoisotopic (exact) mass is 226 g/mol. The number of nitrogens with zero attached hydrogens (tertiary/aromatic N) is 1. The van der Waals surface area contributed by atoms with Crippen LogP contribution >= 0.6 is 11.6 Å². The number of pyridine rings is 1. The van der Waals surface area contributed by atoms with Crippen LogP contribution in [-0.2, 0) is 4.74 Å². The molecule has 0 bridgehead atoms. The zero-order chi connectivity index (χ0) is 10.8. The van der Waals surface area contributed by atoms with Crippen molar-refractivity contribution in [2.24, 2.45) is 5.92 Å². The van der Waals surface area contributed by atoms with Crippen molar-refractivity contribution in [1.29, 1.82) is 0 Å². The molecule has 1 aliphatic rings. The van der Waals surface area contributed by atoms with Crippen molar-refractivity contribution in [2.75, 3.05) is 18.9 Å². The van der Waals surface area contributed by atoms with E-state index in [0.29, 0.717) is 23.8 Å². The summed E-state index contributed by atoms with van der Waals surface area (Å²) in [4.78, 5) is 15.8. The van der Waals surface area contributed by atoms with Crippen molar-refractivity contribution in [1.82, 2.24) is 4.98 Å². The van der Waals surface area contributed by atoms with Gasteiger partial charge in [0, 0.05) is 18.7 Å². The third kappa shape index (κ3) is 2.11. The summed E-state index contributed by atoms with van der Waals surface area (Å²) >= 11 is 5.77. The standard InChI is InChI=1S/C10H11ClN2O2/c11-7-3-8(10(12)13-4-7)9(14)6-1-2-15-5-6/h3-4,6H,1-2,5H2,(H2,12,13). The van der Waals surface area contributed by atoms with Gasteiger partial charge in [0.1, 0.15) is 5.82 Å². The summed E-state index contributed by atoms with van der Waals surface area (Å²) in [6, 6.07) is 1.56. The van der Waals surface area contributed by atoms with E-state index in [1.165, 1.54) is 6.20 Å². The first-order valence-electron chi connectivity index (χ1n) is 4.71. The highest BCUT2D eigenvalue weighted by Crippen LogP contribution is 2.23. The number of ketones is 1. The van der Waals surface area contributed by atoms with Gasteiger partial charge in [-0.25, -0.2) is 4.98 Å². The van der Waals surface area contributed by atoms with Crippen molar-refractivity contribution in [3.63, 3.8) is 0 Å². The number of carbonyl (C=O) groups excluding carboxylic acids is 1. The summed E-state index contributed by atoms with van der Waals surface area (Å²) in [5.41, 5.74) is 6.03. The van der Waals surface area contributed by atoms with Crippen LogP contribution in [0.2, 0.25) is 5.02 Å². The first-order valence-corrected chi connectivity index (χ1v) is 5.09. The molecule has 0 aliphatic carbocycles. The SMILES string of the molecule is Nc1ncc(Cl)cc1C(=O)C1CCOC1. The molecule has 0 spiro atoms. The van der Waals surface area contributed by atoms with Gasteiger partial charge in [0.15, 0.2) is 5.78 Å². The lowest BCUT2D eigenvalue weighted by molar-refractivity contribution is 0.0901. The topological polar surface area (TPSA) is 65.2 Å². The molecule has 2 N–H and O–H groups in total. The molecule has 0 amide bonds. The van der Waals surface area contributed by atoms with Gasteiger partial charge in [-0.2, -0.15) is 0 Å². The number of ether oxygens (including phenoxy) is 1. The summed E-state index contributed by atoms with van der Waals surface area (Å²) in [6.45, 7) is 1.09. The number of nitrogens with two attached hydrogens (primary N) is 1. The summed E-state index contributed by atoms with van der Waals surface area (Å²) < 4.78 is 5.15. The van der Waals surface area contributed by atoms with E-state index in [-0.39, 0.29) is 17.5 Å². The molecule has 0 radical (unpaired) electrons. The molecule has 15 heavy (non-hydrogen) atoms. The fraction of sp³-hybridized carbons (Fsp3) is 0.400. The minimum atomic E-state index is -0.104. The van der Waals surface area contributed by atoms with E-state index in [1.54, 1.807) is 6.07 Å². The summed E-state index contributed by atoms with van der Waals surface area (Å²) in [7, 11) is 0. The van der Waals surface area contributed by atoms with E-state index < -0.39 is 0 Å². The molecule has 1 atom stereocenters. The van der Waals surface area contributed by atoms with Crippen molar-refractivity contribution in [2.45, 2.75) is 6.42 Å². The van der Waals surface area contributed by atoms with Crippen molar-refractivity contribution < 1.29 is 9.53 Å². The highest BCUT2D eigenvalue weighted by molar-refractivity contribution is 6.31. The average molecular weight is 227 g/mol. The molecule has 2 rings (SSSR count). The van der Waals surface area contributed by atoms with E-state index in [0.717, 1.165) is 6.42 Å². The minimum absolute atomic E-state index is 0.0278. The molecule has 1 aliphatic heterocycles. The lowest BCUT2D eigenvalue weighted by Crippen LogP contribution is -2.16. The van der Waals surface area contributed by atoms with Crippen LogP contribution < -0.4 is 5.73 Å². The Hall–Kier alpha value is -1.13. The Bertz CT molecular complexity index is 389. The number of anilines is 1. The van der Waals surface area contributed by atoms with Crippen LogP contribution in [0, 0.1) is 5.92 Å². The second-order valence-corrected chi connectivity index (χ2v) is 3.95. The first kappa shape index (κ1) is 10.4. The molecule has 1 unspecified atom stereocenters. The van der Waals surface area contributed by atoms with Gasteiger partial charge in [-0.1, -0.05) is 11.6 Å². The molecule has 1 fully saturated rings. The molecule has 80 valence electrons.